The van der Waals surface area contributed by atoms with Crippen molar-refractivity contribution in [2.75, 3.05) is 5.32 Å². The van der Waals surface area contributed by atoms with E-state index in [-0.39, 0.29) is 17.1 Å². The Balaban J connectivity index is 2.05. The third kappa shape index (κ3) is 2.44. The van der Waals surface area contributed by atoms with Gasteiger partial charge in [-0.25, -0.2) is 9.78 Å². The summed E-state index contributed by atoms with van der Waals surface area (Å²) in [7, 11) is 0. The van der Waals surface area contributed by atoms with Gasteiger partial charge < -0.3 is 10.4 Å². The molecule has 3 N–H and O–H groups in total. The number of aromatic carboxylic acids is 1. The zero-order chi connectivity index (χ0) is 14.8. The molecule has 1 amide bonds. The summed E-state index contributed by atoms with van der Waals surface area (Å²) in [5.41, 5.74) is 0.226. The second-order valence-corrected chi connectivity index (χ2v) is 4.34. The molecule has 0 saturated carbocycles. The van der Waals surface area contributed by atoms with Crippen molar-refractivity contribution in [3.8, 4) is 0 Å². The third-order valence-corrected chi connectivity index (χ3v) is 2.99. The average Bonchev–Trinajstić information content (AvgIpc) is 3.00. The molecule has 0 bridgehead atoms. The molecule has 0 aliphatic heterocycles. The lowest BCUT2D eigenvalue weighted by Crippen LogP contribution is -2.16. The Labute approximate surface area is 118 Å². The van der Waals surface area contributed by atoms with Crippen molar-refractivity contribution in [1.29, 1.82) is 0 Å². The highest BCUT2D eigenvalue weighted by molar-refractivity contribution is 6.08. The Morgan fingerprint density at radius 1 is 1.14 bits per heavy atom. The van der Waals surface area contributed by atoms with Gasteiger partial charge in [0.2, 0.25) is 5.82 Å². The SMILES string of the molecule is O=C(Nc1cc2ccccc2cc1C(=O)O)c1ncn[nH]1. The van der Waals surface area contributed by atoms with Gasteiger partial charge in [0.15, 0.2) is 0 Å². The lowest BCUT2D eigenvalue weighted by molar-refractivity contribution is 0.0698. The topological polar surface area (TPSA) is 108 Å². The molecule has 0 fully saturated rings. The molecule has 1 aromatic heterocycles. The molecule has 1 heterocycles. The van der Waals surface area contributed by atoms with Gasteiger partial charge in [0.05, 0.1) is 11.3 Å². The van der Waals surface area contributed by atoms with Gasteiger partial charge in [0.1, 0.15) is 6.33 Å². The van der Waals surface area contributed by atoms with E-state index in [0.29, 0.717) is 0 Å². The number of carboxylic acids is 1. The van der Waals surface area contributed by atoms with E-state index < -0.39 is 11.9 Å². The highest BCUT2D eigenvalue weighted by Crippen LogP contribution is 2.24. The quantitative estimate of drug-likeness (QED) is 0.680. The molecule has 0 unspecified atom stereocenters. The molecule has 0 atom stereocenters. The van der Waals surface area contributed by atoms with E-state index in [1.807, 2.05) is 24.3 Å². The van der Waals surface area contributed by atoms with Crippen LogP contribution in [0.4, 0.5) is 5.69 Å². The van der Waals surface area contributed by atoms with Gasteiger partial charge in [-0.15, -0.1) is 0 Å². The maximum absolute atomic E-state index is 11.9. The smallest absolute Gasteiger partial charge is 0.337 e. The zero-order valence-electron chi connectivity index (χ0n) is 10.7. The number of fused-ring (bicyclic) bond motifs is 1. The number of rotatable bonds is 3. The maximum Gasteiger partial charge on any atom is 0.337 e. The molecule has 2 aromatic carbocycles. The van der Waals surface area contributed by atoms with Gasteiger partial charge in [-0.05, 0) is 22.9 Å². The van der Waals surface area contributed by atoms with E-state index in [9.17, 15) is 14.7 Å². The monoisotopic (exact) mass is 282 g/mol. The Morgan fingerprint density at radius 2 is 1.86 bits per heavy atom. The summed E-state index contributed by atoms with van der Waals surface area (Å²) in [4.78, 5) is 27.0. The fourth-order valence-electron chi connectivity index (χ4n) is 2.02. The molecule has 3 aromatic rings. The number of nitrogens with zero attached hydrogens (tertiary/aromatic N) is 2. The van der Waals surface area contributed by atoms with Crippen LogP contribution < -0.4 is 5.32 Å². The van der Waals surface area contributed by atoms with Crippen molar-refractivity contribution in [1.82, 2.24) is 15.2 Å². The minimum absolute atomic E-state index is 0.0134. The summed E-state index contributed by atoms with van der Waals surface area (Å²) in [5.74, 6) is -1.65. The number of benzene rings is 2. The van der Waals surface area contributed by atoms with Crippen LogP contribution in [0.15, 0.2) is 42.7 Å². The van der Waals surface area contributed by atoms with Crippen molar-refractivity contribution in [3.63, 3.8) is 0 Å². The lowest BCUT2D eigenvalue weighted by atomic mass is 10.0. The second-order valence-electron chi connectivity index (χ2n) is 4.34. The largest absolute Gasteiger partial charge is 0.478 e. The van der Waals surface area contributed by atoms with Crippen LogP contribution in [-0.4, -0.2) is 32.2 Å². The number of amides is 1. The molecule has 104 valence electrons. The number of carboxylic acid groups (broad SMARTS) is 1. The number of nitrogens with one attached hydrogen (secondary N) is 2. The Kier molecular flexibility index (Phi) is 3.07. The number of aromatic nitrogens is 3. The number of H-pyrrole nitrogens is 1. The van der Waals surface area contributed by atoms with E-state index in [4.69, 9.17) is 0 Å². The number of anilines is 1. The van der Waals surface area contributed by atoms with Crippen molar-refractivity contribution in [2.24, 2.45) is 0 Å². The van der Waals surface area contributed by atoms with Crippen LogP contribution in [-0.2, 0) is 0 Å². The summed E-state index contributed by atoms with van der Waals surface area (Å²) in [6.07, 6.45) is 1.20. The first-order valence-electron chi connectivity index (χ1n) is 6.08. The summed E-state index contributed by atoms with van der Waals surface area (Å²) in [6, 6.07) is 10.4. The predicted molar refractivity (Wildman–Crippen MR) is 75.2 cm³/mol. The molecule has 0 radical (unpaired) electrons. The first-order valence-corrected chi connectivity index (χ1v) is 6.08. The first-order chi connectivity index (χ1) is 10.1. The highest BCUT2D eigenvalue weighted by Gasteiger charge is 2.16. The predicted octanol–water partition coefficient (Wildman–Crippen LogP) is 1.91. The standard InChI is InChI=1S/C14H10N4O3/c19-13(12-15-7-16-18-12)17-11-6-9-4-2-1-3-8(9)5-10(11)14(20)21/h1-7H,(H,17,19)(H,20,21)(H,15,16,18). The van der Waals surface area contributed by atoms with Crippen LogP contribution in [0.25, 0.3) is 10.8 Å². The van der Waals surface area contributed by atoms with Gasteiger partial charge in [0.25, 0.3) is 5.91 Å². The molecule has 7 heteroatoms. The second kappa shape index (κ2) is 5.04. The number of carbonyl (C=O) groups is 2. The van der Waals surface area contributed by atoms with Gasteiger partial charge in [-0.1, -0.05) is 24.3 Å². The molecule has 0 spiro atoms. The average molecular weight is 282 g/mol. The molecule has 7 nitrogen and oxygen atoms in total. The Hall–Kier alpha value is -3.22. The van der Waals surface area contributed by atoms with E-state index in [0.717, 1.165) is 10.8 Å². The molecule has 0 saturated heterocycles. The van der Waals surface area contributed by atoms with Gasteiger partial charge >= 0.3 is 5.97 Å². The minimum atomic E-state index is -1.12. The van der Waals surface area contributed by atoms with Crippen LogP contribution in [0, 0.1) is 0 Å². The summed E-state index contributed by atoms with van der Waals surface area (Å²) in [6.45, 7) is 0. The fraction of sp³-hybridized carbons (Fsp3) is 0. The normalized spacial score (nSPS) is 10.5. The maximum atomic E-state index is 11.9. The molecule has 0 aliphatic carbocycles. The summed E-state index contributed by atoms with van der Waals surface area (Å²) >= 11 is 0. The van der Waals surface area contributed by atoms with Gasteiger partial charge in [-0.3, -0.25) is 9.89 Å². The van der Waals surface area contributed by atoms with Gasteiger partial charge in [0, 0.05) is 0 Å². The fourth-order valence-corrected chi connectivity index (χ4v) is 2.02. The molecular formula is C14H10N4O3. The Bertz CT molecular complexity index is 827. The number of hydrogen-bond donors (Lipinski definition) is 3. The van der Waals surface area contributed by atoms with Crippen molar-refractivity contribution in [2.45, 2.75) is 0 Å². The highest BCUT2D eigenvalue weighted by atomic mass is 16.4. The summed E-state index contributed by atoms with van der Waals surface area (Å²) in [5, 5.41) is 19.4. The number of aromatic amines is 1. The van der Waals surface area contributed by atoms with Crippen molar-refractivity contribution >= 4 is 28.3 Å². The zero-order valence-corrected chi connectivity index (χ0v) is 10.7. The van der Waals surface area contributed by atoms with Crippen LogP contribution in [0.1, 0.15) is 21.0 Å². The first kappa shape index (κ1) is 12.8. The van der Waals surface area contributed by atoms with Crippen LogP contribution >= 0.6 is 0 Å². The Morgan fingerprint density at radius 3 is 2.48 bits per heavy atom. The summed E-state index contributed by atoms with van der Waals surface area (Å²) < 4.78 is 0. The van der Waals surface area contributed by atoms with E-state index in [1.54, 1.807) is 6.07 Å². The molecule has 21 heavy (non-hydrogen) atoms. The van der Waals surface area contributed by atoms with Crippen LogP contribution in [0.3, 0.4) is 0 Å². The lowest BCUT2D eigenvalue weighted by Gasteiger charge is -2.09. The molecular weight excluding hydrogens is 272 g/mol. The van der Waals surface area contributed by atoms with Gasteiger partial charge in [-0.2, -0.15) is 5.10 Å². The third-order valence-electron chi connectivity index (χ3n) is 2.99. The van der Waals surface area contributed by atoms with E-state index in [1.165, 1.54) is 12.4 Å². The van der Waals surface area contributed by atoms with Crippen LogP contribution in [0.2, 0.25) is 0 Å². The van der Waals surface area contributed by atoms with Crippen molar-refractivity contribution in [3.05, 3.63) is 54.1 Å². The number of carbonyl (C=O) groups excluding carboxylic acids is 1. The van der Waals surface area contributed by atoms with Crippen molar-refractivity contribution < 1.29 is 14.7 Å². The minimum Gasteiger partial charge on any atom is -0.478 e. The number of hydrogen-bond acceptors (Lipinski definition) is 4. The van der Waals surface area contributed by atoms with Crippen LogP contribution in [0.5, 0.6) is 0 Å². The van der Waals surface area contributed by atoms with E-state index >= 15 is 0 Å². The van der Waals surface area contributed by atoms with E-state index in [2.05, 4.69) is 20.5 Å². The molecule has 0 aliphatic rings. The molecule has 3 rings (SSSR count).